The second-order valence-electron chi connectivity index (χ2n) is 4.07. The molecule has 0 aliphatic carbocycles. The molecule has 13 heavy (non-hydrogen) atoms. The Kier molecular flexibility index (Phi) is 9.10. The summed E-state index contributed by atoms with van der Waals surface area (Å²) in [6.45, 7) is 11.4. The third-order valence-electron chi connectivity index (χ3n) is 1.96. The Labute approximate surface area is 88.1 Å². The third-order valence-corrected chi connectivity index (χ3v) is 3.16. The van der Waals surface area contributed by atoms with Gasteiger partial charge in [0.2, 0.25) is 0 Å². The first-order valence-electron chi connectivity index (χ1n) is 5.49. The predicted molar refractivity (Wildman–Crippen MR) is 64.5 cm³/mol. The van der Waals surface area contributed by atoms with Gasteiger partial charge in [-0.2, -0.15) is 11.8 Å². The van der Waals surface area contributed by atoms with Crippen LogP contribution >= 0.6 is 11.8 Å². The first-order valence-corrected chi connectivity index (χ1v) is 6.54. The van der Waals surface area contributed by atoms with E-state index in [2.05, 4.69) is 44.8 Å². The number of nitrogens with one attached hydrogen (secondary N) is 1. The van der Waals surface area contributed by atoms with Crippen LogP contribution in [0.15, 0.2) is 0 Å². The van der Waals surface area contributed by atoms with E-state index in [1.54, 1.807) is 0 Å². The molecule has 0 amide bonds. The Morgan fingerprint density at radius 2 is 1.92 bits per heavy atom. The lowest BCUT2D eigenvalue weighted by Gasteiger charge is -2.12. The van der Waals surface area contributed by atoms with Gasteiger partial charge < -0.3 is 5.32 Å². The quantitative estimate of drug-likeness (QED) is 0.608. The molecule has 1 atom stereocenters. The molecule has 0 radical (unpaired) electrons. The Morgan fingerprint density at radius 3 is 2.46 bits per heavy atom. The van der Waals surface area contributed by atoms with Gasteiger partial charge in [0.15, 0.2) is 0 Å². The molecule has 0 aromatic carbocycles. The van der Waals surface area contributed by atoms with Gasteiger partial charge in [0.1, 0.15) is 0 Å². The van der Waals surface area contributed by atoms with Crippen LogP contribution in [0.4, 0.5) is 0 Å². The summed E-state index contributed by atoms with van der Waals surface area (Å²) in [5.41, 5.74) is 0. The SMILES string of the molecule is CCCNCC(C)SCCC(C)C. The van der Waals surface area contributed by atoms with Crippen molar-refractivity contribution in [1.29, 1.82) is 0 Å². The van der Waals surface area contributed by atoms with Crippen molar-refractivity contribution in [3.05, 3.63) is 0 Å². The largest absolute Gasteiger partial charge is 0.316 e. The van der Waals surface area contributed by atoms with E-state index in [9.17, 15) is 0 Å². The fourth-order valence-corrected chi connectivity index (χ4v) is 2.29. The van der Waals surface area contributed by atoms with Gasteiger partial charge in [0, 0.05) is 11.8 Å². The molecule has 0 rings (SSSR count). The molecule has 80 valence electrons. The van der Waals surface area contributed by atoms with Gasteiger partial charge in [-0.25, -0.2) is 0 Å². The zero-order valence-corrected chi connectivity index (χ0v) is 10.4. The molecule has 0 saturated carbocycles. The van der Waals surface area contributed by atoms with E-state index in [-0.39, 0.29) is 0 Å². The van der Waals surface area contributed by atoms with Crippen molar-refractivity contribution in [3.63, 3.8) is 0 Å². The smallest absolute Gasteiger partial charge is 0.0144 e. The fourth-order valence-electron chi connectivity index (χ4n) is 1.05. The van der Waals surface area contributed by atoms with Gasteiger partial charge in [0.05, 0.1) is 0 Å². The Bertz CT molecular complexity index is 104. The molecule has 0 heterocycles. The maximum atomic E-state index is 3.45. The lowest BCUT2D eigenvalue weighted by Crippen LogP contribution is -2.23. The van der Waals surface area contributed by atoms with Gasteiger partial charge in [-0.3, -0.25) is 0 Å². The van der Waals surface area contributed by atoms with Crippen molar-refractivity contribution in [2.75, 3.05) is 18.8 Å². The highest BCUT2D eigenvalue weighted by molar-refractivity contribution is 7.99. The van der Waals surface area contributed by atoms with Crippen LogP contribution in [-0.4, -0.2) is 24.1 Å². The van der Waals surface area contributed by atoms with Crippen LogP contribution in [0.2, 0.25) is 0 Å². The summed E-state index contributed by atoms with van der Waals surface area (Å²) in [4.78, 5) is 0. The molecule has 0 saturated heterocycles. The van der Waals surface area contributed by atoms with Crippen LogP contribution in [0.25, 0.3) is 0 Å². The molecule has 0 aromatic rings. The van der Waals surface area contributed by atoms with Crippen LogP contribution in [0.5, 0.6) is 0 Å². The van der Waals surface area contributed by atoms with E-state index in [1.165, 1.54) is 18.6 Å². The van der Waals surface area contributed by atoms with Crippen molar-refractivity contribution in [1.82, 2.24) is 5.32 Å². The highest BCUT2D eigenvalue weighted by Gasteiger charge is 2.02. The summed E-state index contributed by atoms with van der Waals surface area (Å²) in [5, 5.41) is 4.22. The molecule has 0 fully saturated rings. The van der Waals surface area contributed by atoms with Gasteiger partial charge in [0.25, 0.3) is 0 Å². The second kappa shape index (κ2) is 8.89. The second-order valence-corrected chi connectivity index (χ2v) is 5.61. The number of hydrogen-bond acceptors (Lipinski definition) is 2. The van der Waals surface area contributed by atoms with Crippen molar-refractivity contribution >= 4 is 11.8 Å². The highest BCUT2D eigenvalue weighted by Crippen LogP contribution is 2.13. The van der Waals surface area contributed by atoms with E-state index < -0.39 is 0 Å². The zero-order valence-electron chi connectivity index (χ0n) is 9.60. The highest BCUT2D eigenvalue weighted by atomic mass is 32.2. The summed E-state index contributed by atoms with van der Waals surface area (Å²) in [5.74, 6) is 2.16. The third kappa shape index (κ3) is 10.2. The molecule has 0 aliphatic heterocycles. The van der Waals surface area contributed by atoms with Crippen molar-refractivity contribution in [3.8, 4) is 0 Å². The summed E-state index contributed by atoms with van der Waals surface area (Å²) < 4.78 is 0. The maximum Gasteiger partial charge on any atom is 0.0144 e. The minimum atomic E-state index is 0.769. The average molecular weight is 203 g/mol. The minimum absolute atomic E-state index is 0.769. The molecule has 0 aromatic heterocycles. The van der Waals surface area contributed by atoms with Gasteiger partial charge in [-0.1, -0.05) is 27.7 Å². The van der Waals surface area contributed by atoms with E-state index in [1.807, 2.05) is 0 Å². The van der Waals surface area contributed by atoms with E-state index in [0.717, 1.165) is 24.3 Å². The molecule has 2 heteroatoms. The van der Waals surface area contributed by atoms with Crippen LogP contribution in [0.1, 0.15) is 40.5 Å². The van der Waals surface area contributed by atoms with Crippen molar-refractivity contribution in [2.45, 2.75) is 45.8 Å². The molecular formula is C11H25NS. The average Bonchev–Trinajstić information content (AvgIpc) is 2.04. The lowest BCUT2D eigenvalue weighted by molar-refractivity contribution is 0.629. The Balaban J connectivity index is 3.15. The first-order chi connectivity index (χ1) is 6.16. The van der Waals surface area contributed by atoms with Crippen LogP contribution in [-0.2, 0) is 0 Å². The summed E-state index contributed by atoms with van der Waals surface area (Å²) in [6.07, 6.45) is 2.59. The normalized spacial score (nSPS) is 13.6. The summed E-state index contributed by atoms with van der Waals surface area (Å²) in [7, 11) is 0. The number of hydrogen-bond donors (Lipinski definition) is 1. The molecule has 1 N–H and O–H groups in total. The van der Waals surface area contributed by atoms with E-state index >= 15 is 0 Å². The first kappa shape index (κ1) is 13.3. The zero-order chi connectivity index (χ0) is 10.1. The standard InChI is InChI=1S/C11H25NS/c1-5-7-12-9-11(4)13-8-6-10(2)3/h10-12H,5-9H2,1-4H3. The van der Waals surface area contributed by atoms with Gasteiger partial charge in [-0.05, 0) is 31.1 Å². The minimum Gasteiger partial charge on any atom is -0.316 e. The topological polar surface area (TPSA) is 12.0 Å². The molecular weight excluding hydrogens is 178 g/mol. The molecule has 0 bridgehead atoms. The van der Waals surface area contributed by atoms with E-state index in [0.29, 0.717) is 0 Å². The summed E-state index contributed by atoms with van der Waals surface area (Å²) >= 11 is 2.09. The predicted octanol–water partition coefficient (Wildman–Crippen LogP) is 3.15. The summed E-state index contributed by atoms with van der Waals surface area (Å²) in [6, 6.07) is 0. The van der Waals surface area contributed by atoms with Crippen molar-refractivity contribution in [2.24, 2.45) is 5.92 Å². The lowest BCUT2D eigenvalue weighted by atomic mass is 10.2. The number of rotatable bonds is 8. The van der Waals surface area contributed by atoms with Crippen LogP contribution in [0.3, 0.4) is 0 Å². The molecule has 1 unspecified atom stereocenters. The molecule has 0 aliphatic rings. The van der Waals surface area contributed by atoms with Crippen molar-refractivity contribution < 1.29 is 0 Å². The van der Waals surface area contributed by atoms with Crippen LogP contribution < -0.4 is 5.32 Å². The molecule has 0 spiro atoms. The maximum absolute atomic E-state index is 3.45. The van der Waals surface area contributed by atoms with E-state index in [4.69, 9.17) is 0 Å². The monoisotopic (exact) mass is 203 g/mol. The Hall–Kier alpha value is 0.310. The fraction of sp³-hybridized carbons (Fsp3) is 1.00. The molecule has 1 nitrogen and oxygen atoms in total. The Morgan fingerprint density at radius 1 is 1.23 bits per heavy atom. The van der Waals surface area contributed by atoms with Crippen LogP contribution in [0, 0.1) is 5.92 Å². The van der Waals surface area contributed by atoms with Gasteiger partial charge in [-0.15, -0.1) is 0 Å². The number of thioether (sulfide) groups is 1. The van der Waals surface area contributed by atoms with Gasteiger partial charge >= 0.3 is 0 Å².